The van der Waals surface area contributed by atoms with Crippen molar-refractivity contribution in [2.75, 3.05) is 6.54 Å². The second-order valence-corrected chi connectivity index (χ2v) is 3.66. The molecular formula is C10H15NO. The van der Waals surface area contributed by atoms with Crippen LogP contribution in [0.3, 0.4) is 0 Å². The summed E-state index contributed by atoms with van der Waals surface area (Å²) in [5.41, 5.74) is 2.38. The van der Waals surface area contributed by atoms with Crippen LogP contribution in [0.5, 0.6) is 0 Å². The SMILES string of the molecule is CCC1CC(=O)C2=C1CCCN2. The summed E-state index contributed by atoms with van der Waals surface area (Å²) in [6.07, 6.45) is 4.22. The topological polar surface area (TPSA) is 29.1 Å². The summed E-state index contributed by atoms with van der Waals surface area (Å²) in [6.45, 7) is 3.16. The number of rotatable bonds is 1. The van der Waals surface area contributed by atoms with Crippen LogP contribution in [0, 0.1) is 5.92 Å². The van der Waals surface area contributed by atoms with Crippen LogP contribution in [0.25, 0.3) is 0 Å². The fourth-order valence-corrected chi connectivity index (χ4v) is 2.26. The van der Waals surface area contributed by atoms with Crippen LogP contribution in [0.4, 0.5) is 0 Å². The molecule has 0 saturated carbocycles. The number of nitrogens with one attached hydrogen (secondary N) is 1. The van der Waals surface area contributed by atoms with Gasteiger partial charge in [0, 0.05) is 13.0 Å². The molecule has 1 unspecified atom stereocenters. The molecule has 0 saturated heterocycles. The first-order chi connectivity index (χ1) is 5.83. The Kier molecular flexibility index (Phi) is 1.91. The summed E-state index contributed by atoms with van der Waals surface area (Å²) in [4.78, 5) is 11.5. The third-order valence-corrected chi connectivity index (χ3v) is 2.94. The highest BCUT2D eigenvalue weighted by atomic mass is 16.1. The molecule has 0 aromatic carbocycles. The minimum absolute atomic E-state index is 0.344. The molecule has 2 heteroatoms. The molecule has 2 aliphatic rings. The number of hydrogen-bond acceptors (Lipinski definition) is 2. The lowest BCUT2D eigenvalue weighted by Gasteiger charge is -2.18. The van der Waals surface area contributed by atoms with Gasteiger partial charge in [-0.05, 0) is 30.8 Å². The lowest BCUT2D eigenvalue weighted by atomic mass is 9.94. The van der Waals surface area contributed by atoms with E-state index in [1.54, 1.807) is 0 Å². The van der Waals surface area contributed by atoms with Crippen LogP contribution >= 0.6 is 0 Å². The van der Waals surface area contributed by atoms with Crippen LogP contribution in [0.2, 0.25) is 0 Å². The number of hydrogen-bond donors (Lipinski definition) is 1. The Hall–Kier alpha value is -0.790. The monoisotopic (exact) mass is 165 g/mol. The van der Waals surface area contributed by atoms with Crippen LogP contribution in [0.1, 0.15) is 32.6 Å². The van der Waals surface area contributed by atoms with Crippen LogP contribution < -0.4 is 5.32 Å². The fourth-order valence-electron chi connectivity index (χ4n) is 2.26. The number of allylic oxidation sites excluding steroid dienone is 2. The third kappa shape index (κ3) is 1.06. The Bertz CT molecular complexity index is 242. The van der Waals surface area contributed by atoms with Crippen molar-refractivity contribution in [1.29, 1.82) is 0 Å². The molecule has 0 amide bonds. The first-order valence-electron chi connectivity index (χ1n) is 4.83. The Labute approximate surface area is 73.0 Å². The minimum atomic E-state index is 0.344. The van der Waals surface area contributed by atoms with E-state index < -0.39 is 0 Å². The molecule has 0 fully saturated rings. The zero-order valence-corrected chi connectivity index (χ0v) is 7.52. The molecule has 2 rings (SSSR count). The largest absolute Gasteiger partial charge is 0.382 e. The van der Waals surface area contributed by atoms with Crippen molar-refractivity contribution in [3.8, 4) is 0 Å². The van der Waals surface area contributed by atoms with Crippen molar-refractivity contribution in [3.05, 3.63) is 11.3 Å². The summed E-state index contributed by atoms with van der Waals surface area (Å²) < 4.78 is 0. The van der Waals surface area contributed by atoms with Crippen molar-refractivity contribution in [1.82, 2.24) is 5.32 Å². The van der Waals surface area contributed by atoms with E-state index in [-0.39, 0.29) is 0 Å². The van der Waals surface area contributed by atoms with E-state index in [9.17, 15) is 4.79 Å². The van der Waals surface area contributed by atoms with Gasteiger partial charge in [-0.15, -0.1) is 0 Å². The predicted molar refractivity (Wildman–Crippen MR) is 47.7 cm³/mol. The highest BCUT2D eigenvalue weighted by Crippen LogP contribution is 2.35. The van der Waals surface area contributed by atoms with Crippen molar-refractivity contribution in [3.63, 3.8) is 0 Å². The van der Waals surface area contributed by atoms with Gasteiger partial charge in [0.2, 0.25) is 0 Å². The molecule has 1 N–H and O–H groups in total. The number of carbonyl (C=O) groups is 1. The predicted octanol–water partition coefficient (Wildman–Crippen LogP) is 1.62. The van der Waals surface area contributed by atoms with Gasteiger partial charge in [-0.3, -0.25) is 4.79 Å². The molecule has 1 heterocycles. The maximum absolute atomic E-state index is 11.5. The van der Waals surface area contributed by atoms with E-state index in [0.29, 0.717) is 11.7 Å². The standard InChI is InChI=1S/C10H15NO/c1-2-7-6-9(12)10-8(7)4-3-5-11-10/h7,11H,2-6H2,1H3. The van der Waals surface area contributed by atoms with Crippen molar-refractivity contribution < 1.29 is 4.79 Å². The lowest BCUT2D eigenvalue weighted by molar-refractivity contribution is -0.115. The van der Waals surface area contributed by atoms with E-state index in [1.807, 2.05) is 0 Å². The average Bonchev–Trinajstić information content (AvgIpc) is 2.44. The molecule has 1 atom stereocenters. The Morgan fingerprint density at radius 3 is 3.17 bits per heavy atom. The smallest absolute Gasteiger partial charge is 0.179 e. The second kappa shape index (κ2) is 2.92. The van der Waals surface area contributed by atoms with E-state index >= 15 is 0 Å². The van der Waals surface area contributed by atoms with Gasteiger partial charge in [-0.1, -0.05) is 6.92 Å². The molecule has 0 bridgehead atoms. The highest BCUT2D eigenvalue weighted by Gasteiger charge is 2.31. The summed E-state index contributed by atoms with van der Waals surface area (Å²) in [7, 11) is 0. The second-order valence-electron chi connectivity index (χ2n) is 3.66. The van der Waals surface area contributed by atoms with Crippen molar-refractivity contribution in [2.24, 2.45) is 5.92 Å². The van der Waals surface area contributed by atoms with Crippen LogP contribution in [-0.2, 0) is 4.79 Å². The molecule has 66 valence electrons. The molecule has 2 nitrogen and oxygen atoms in total. The molecular weight excluding hydrogens is 150 g/mol. The summed E-state index contributed by atoms with van der Waals surface area (Å²) in [6, 6.07) is 0. The summed E-state index contributed by atoms with van der Waals surface area (Å²) in [5, 5.41) is 3.23. The number of carbonyl (C=O) groups excluding carboxylic acids is 1. The van der Waals surface area contributed by atoms with Gasteiger partial charge in [-0.25, -0.2) is 0 Å². The Morgan fingerprint density at radius 2 is 2.42 bits per heavy atom. The quantitative estimate of drug-likeness (QED) is 0.639. The molecule has 0 aromatic heterocycles. The fraction of sp³-hybridized carbons (Fsp3) is 0.700. The first-order valence-corrected chi connectivity index (χ1v) is 4.83. The zero-order chi connectivity index (χ0) is 8.55. The molecule has 0 aromatic rings. The van der Waals surface area contributed by atoms with Crippen molar-refractivity contribution in [2.45, 2.75) is 32.6 Å². The molecule has 0 spiro atoms. The zero-order valence-electron chi connectivity index (χ0n) is 7.52. The van der Waals surface area contributed by atoms with Gasteiger partial charge in [0.15, 0.2) is 5.78 Å². The maximum Gasteiger partial charge on any atom is 0.179 e. The Balaban J connectivity index is 2.27. The lowest BCUT2D eigenvalue weighted by Crippen LogP contribution is -2.23. The number of Topliss-reactive ketones (excluding diaryl/α,β-unsaturated/α-hetero) is 1. The average molecular weight is 165 g/mol. The van der Waals surface area contributed by atoms with E-state index in [4.69, 9.17) is 0 Å². The van der Waals surface area contributed by atoms with Gasteiger partial charge in [-0.2, -0.15) is 0 Å². The summed E-state index contributed by atoms with van der Waals surface area (Å²) >= 11 is 0. The summed E-state index contributed by atoms with van der Waals surface area (Å²) in [5.74, 6) is 0.900. The number of ketones is 1. The normalized spacial score (nSPS) is 28.8. The van der Waals surface area contributed by atoms with Crippen LogP contribution in [-0.4, -0.2) is 12.3 Å². The molecule has 0 radical (unpaired) electrons. The molecule has 1 aliphatic carbocycles. The van der Waals surface area contributed by atoms with Gasteiger partial charge in [0.1, 0.15) is 0 Å². The van der Waals surface area contributed by atoms with Crippen molar-refractivity contribution >= 4 is 5.78 Å². The van der Waals surface area contributed by atoms with E-state index in [1.165, 1.54) is 12.0 Å². The highest BCUT2D eigenvalue weighted by molar-refractivity contribution is 5.98. The maximum atomic E-state index is 11.5. The third-order valence-electron chi connectivity index (χ3n) is 2.94. The minimum Gasteiger partial charge on any atom is -0.382 e. The van der Waals surface area contributed by atoms with Gasteiger partial charge < -0.3 is 5.32 Å². The van der Waals surface area contributed by atoms with E-state index in [2.05, 4.69) is 12.2 Å². The Morgan fingerprint density at radius 1 is 1.58 bits per heavy atom. The molecule has 1 aliphatic heterocycles. The van der Waals surface area contributed by atoms with Gasteiger partial charge in [0.25, 0.3) is 0 Å². The molecule has 12 heavy (non-hydrogen) atoms. The van der Waals surface area contributed by atoms with Crippen LogP contribution in [0.15, 0.2) is 11.3 Å². The van der Waals surface area contributed by atoms with Gasteiger partial charge in [0.05, 0.1) is 5.70 Å². The first kappa shape index (κ1) is 7.84. The van der Waals surface area contributed by atoms with E-state index in [0.717, 1.165) is 31.5 Å². The van der Waals surface area contributed by atoms with Gasteiger partial charge >= 0.3 is 0 Å².